The number of nitrogens with two attached hydrogens (primary N) is 1. The zero-order valence-corrected chi connectivity index (χ0v) is 9.63. The van der Waals surface area contributed by atoms with E-state index in [9.17, 15) is 0 Å². The quantitative estimate of drug-likeness (QED) is 0.641. The van der Waals surface area contributed by atoms with Gasteiger partial charge >= 0.3 is 0 Å². The SMILES string of the molecule is NCCCC#Cc1ccnn1-c1ccccc1. The summed E-state index contributed by atoms with van der Waals surface area (Å²) in [5.41, 5.74) is 7.36. The third-order valence-electron chi connectivity index (χ3n) is 2.37. The summed E-state index contributed by atoms with van der Waals surface area (Å²) < 4.78 is 1.84. The van der Waals surface area contributed by atoms with Gasteiger partial charge in [0.15, 0.2) is 0 Å². The molecule has 0 amide bonds. The van der Waals surface area contributed by atoms with Crippen LogP contribution in [0.25, 0.3) is 5.69 Å². The maximum absolute atomic E-state index is 5.42. The Morgan fingerprint density at radius 2 is 2.00 bits per heavy atom. The first-order valence-corrected chi connectivity index (χ1v) is 5.70. The van der Waals surface area contributed by atoms with Crippen molar-refractivity contribution in [3.05, 3.63) is 48.3 Å². The van der Waals surface area contributed by atoms with Gasteiger partial charge in [-0.1, -0.05) is 24.1 Å². The Hall–Kier alpha value is -2.05. The average molecular weight is 225 g/mol. The molecule has 0 atom stereocenters. The number of hydrogen-bond acceptors (Lipinski definition) is 2. The molecule has 0 bridgehead atoms. The Labute approximate surface area is 101 Å². The zero-order valence-electron chi connectivity index (χ0n) is 9.63. The molecule has 2 aromatic rings. The minimum atomic E-state index is 0.687. The lowest BCUT2D eigenvalue weighted by molar-refractivity contribution is 0.861. The zero-order chi connectivity index (χ0) is 11.9. The summed E-state index contributed by atoms with van der Waals surface area (Å²) in [5, 5.41) is 4.27. The summed E-state index contributed by atoms with van der Waals surface area (Å²) in [5.74, 6) is 6.23. The standard InChI is InChI=1S/C14H15N3/c15-11-6-2-5-9-14-10-12-16-17(14)13-7-3-1-4-8-13/h1,3-4,7-8,10,12H,2,6,11,15H2. The van der Waals surface area contributed by atoms with Crippen molar-refractivity contribution in [1.29, 1.82) is 0 Å². The lowest BCUT2D eigenvalue weighted by Gasteiger charge is -2.01. The highest BCUT2D eigenvalue weighted by atomic mass is 15.3. The first-order valence-electron chi connectivity index (χ1n) is 5.70. The Morgan fingerprint density at radius 3 is 2.76 bits per heavy atom. The van der Waals surface area contributed by atoms with E-state index in [0.717, 1.165) is 24.2 Å². The van der Waals surface area contributed by atoms with Crippen molar-refractivity contribution in [2.45, 2.75) is 12.8 Å². The van der Waals surface area contributed by atoms with Crippen molar-refractivity contribution in [1.82, 2.24) is 9.78 Å². The molecule has 3 nitrogen and oxygen atoms in total. The Morgan fingerprint density at radius 1 is 1.18 bits per heavy atom. The van der Waals surface area contributed by atoms with E-state index in [-0.39, 0.29) is 0 Å². The van der Waals surface area contributed by atoms with Crippen LogP contribution < -0.4 is 5.73 Å². The number of rotatable bonds is 3. The maximum Gasteiger partial charge on any atom is 0.116 e. The van der Waals surface area contributed by atoms with Gasteiger partial charge in [-0.3, -0.25) is 0 Å². The summed E-state index contributed by atoms with van der Waals surface area (Å²) >= 11 is 0. The molecule has 2 rings (SSSR count). The minimum Gasteiger partial charge on any atom is -0.330 e. The molecular weight excluding hydrogens is 210 g/mol. The van der Waals surface area contributed by atoms with Crippen LogP contribution in [0.15, 0.2) is 42.6 Å². The van der Waals surface area contributed by atoms with Crippen LogP contribution >= 0.6 is 0 Å². The molecule has 1 aromatic heterocycles. The van der Waals surface area contributed by atoms with Gasteiger partial charge in [0.25, 0.3) is 0 Å². The van der Waals surface area contributed by atoms with E-state index in [1.54, 1.807) is 6.20 Å². The molecule has 0 saturated carbocycles. The van der Waals surface area contributed by atoms with Crippen LogP contribution in [0.1, 0.15) is 18.5 Å². The van der Waals surface area contributed by atoms with Crippen LogP contribution in [0, 0.1) is 11.8 Å². The molecule has 2 N–H and O–H groups in total. The van der Waals surface area contributed by atoms with Crippen molar-refractivity contribution in [3.63, 3.8) is 0 Å². The van der Waals surface area contributed by atoms with E-state index < -0.39 is 0 Å². The minimum absolute atomic E-state index is 0.687. The lowest BCUT2D eigenvalue weighted by atomic mass is 10.3. The molecular formula is C14H15N3. The van der Waals surface area contributed by atoms with Crippen LogP contribution in [0.2, 0.25) is 0 Å². The molecule has 0 aliphatic carbocycles. The van der Waals surface area contributed by atoms with E-state index in [0.29, 0.717) is 6.54 Å². The highest BCUT2D eigenvalue weighted by Gasteiger charge is 2.00. The van der Waals surface area contributed by atoms with Crippen molar-refractivity contribution >= 4 is 0 Å². The number of hydrogen-bond donors (Lipinski definition) is 1. The first-order chi connectivity index (χ1) is 8.42. The fourth-order valence-corrected chi connectivity index (χ4v) is 1.52. The molecule has 86 valence electrons. The van der Waals surface area contributed by atoms with E-state index in [1.807, 2.05) is 41.1 Å². The molecule has 0 aliphatic heterocycles. The second-order valence-corrected chi connectivity index (χ2v) is 3.66. The number of benzene rings is 1. The molecule has 0 spiro atoms. The first kappa shape index (κ1) is 11.4. The molecule has 0 saturated heterocycles. The summed E-state index contributed by atoms with van der Waals surface area (Å²) in [6, 6.07) is 11.9. The van der Waals surface area contributed by atoms with Gasteiger partial charge in [0, 0.05) is 6.42 Å². The highest BCUT2D eigenvalue weighted by Crippen LogP contribution is 2.08. The highest BCUT2D eigenvalue weighted by molar-refractivity contribution is 5.38. The molecule has 3 heteroatoms. The van der Waals surface area contributed by atoms with Gasteiger partial charge in [0.1, 0.15) is 5.69 Å². The molecule has 1 heterocycles. The molecule has 0 unspecified atom stereocenters. The van der Waals surface area contributed by atoms with E-state index in [1.165, 1.54) is 0 Å². The van der Waals surface area contributed by atoms with Crippen molar-refractivity contribution in [2.75, 3.05) is 6.54 Å². The van der Waals surface area contributed by atoms with Gasteiger partial charge in [-0.25, -0.2) is 4.68 Å². The Kier molecular flexibility index (Phi) is 3.95. The largest absolute Gasteiger partial charge is 0.330 e. The Balaban J connectivity index is 2.20. The topological polar surface area (TPSA) is 43.8 Å². The normalized spacial score (nSPS) is 9.71. The van der Waals surface area contributed by atoms with Crippen molar-refractivity contribution in [2.24, 2.45) is 5.73 Å². The van der Waals surface area contributed by atoms with Gasteiger partial charge in [-0.2, -0.15) is 5.10 Å². The second kappa shape index (κ2) is 5.88. The monoisotopic (exact) mass is 225 g/mol. The predicted molar refractivity (Wildman–Crippen MR) is 68.7 cm³/mol. The molecule has 0 radical (unpaired) electrons. The maximum atomic E-state index is 5.42. The van der Waals surface area contributed by atoms with Crippen LogP contribution in [0.5, 0.6) is 0 Å². The third-order valence-corrected chi connectivity index (χ3v) is 2.37. The van der Waals surface area contributed by atoms with Crippen molar-refractivity contribution < 1.29 is 0 Å². The van der Waals surface area contributed by atoms with E-state index in [4.69, 9.17) is 5.73 Å². The fraction of sp³-hybridized carbons (Fsp3) is 0.214. The average Bonchev–Trinajstić information content (AvgIpc) is 2.84. The third kappa shape index (κ3) is 2.96. The fourth-order valence-electron chi connectivity index (χ4n) is 1.52. The van der Waals surface area contributed by atoms with Crippen LogP contribution in [0.4, 0.5) is 0 Å². The number of unbranched alkanes of at least 4 members (excludes halogenated alkanes) is 1. The van der Waals surface area contributed by atoms with E-state index >= 15 is 0 Å². The summed E-state index contributed by atoms with van der Waals surface area (Å²) in [6.07, 6.45) is 3.53. The van der Waals surface area contributed by atoms with Gasteiger partial charge in [0.2, 0.25) is 0 Å². The number of nitrogens with zero attached hydrogens (tertiary/aromatic N) is 2. The van der Waals surface area contributed by atoms with Crippen LogP contribution in [0.3, 0.4) is 0 Å². The summed E-state index contributed by atoms with van der Waals surface area (Å²) in [7, 11) is 0. The van der Waals surface area contributed by atoms with Gasteiger partial charge < -0.3 is 5.73 Å². The van der Waals surface area contributed by atoms with Gasteiger partial charge in [-0.05, 0) is 37.1 Å². The van der Waals surface area contributed by atoms with Gasteiger partial charge in [0.05, 0.1) is 11.9 Å². The molecule has 1 aromatic carbocycles. The molecule has 0 aliphatic rings. The second-order valence-electron chi connectivity index (χ2n) is 3.66. The molecule has 0 fully saturated rings. The number of aromatic nitrogens is 2. The Bertz CT molecular complexity index is 517. The summed E-state index contributed by atoms with van der Waals surface area (Å²) in [4.78, 5) is 0. The number of para-hydroxylation sites is 1. The predicted octanol–water partition coefficient (Wildman–Crippen LogP) is 1.96. The van der Waals surface area contributed by atoms with Gasteiger partial charge in [-0.15, -0.1) is 0 Å². The van der Waals surface area contributed by atoms with Crippen LogP contribution in [-0.4, -0.2) is 16.3 Å². The van der Waals surface area contributed by atoms with Crippen molar-refractivity contribution in [3.8, 4) is 17.5 Å². The lowest BCUT2D eigenvalue weighted by Crippen LogP contribution is -1.99. The van der Waals surface area contributed by atoms with E-state index in [2.05, 4.69) is 16.9 Å². The van der Waals surface area contributed by atoms with Crippen LogP contribution in [-0.2, 0) is 0 Å². The summed E-state index contributed by atoms with van der Waals surface area (Å²) in [6.45, 7) is 0.687. The smallest absolute Gasteiger partial charge is 0.116 e. The molecule has 17 heavy (non-hydrogen) atoms.